The maximum Gasteiger partial charge on any atom is 0.146 e. The van der Waals surface area contributed by atoms with E-state index in [1.807, 2.05) is 6.92 Å². The van der Waals surface area contributed by atoms with Gasteiger partial charge in [0.2, 0.25) is 0 Å². The van der Waals surface area contributed by atoms with E-state index in [1.165, 1.54) is 38.5 Å². The minimum absolute atomic E-state index is 0.320. The number of Topliss-reactive ketones (excluding diaryl/α,β-unsaturated/α-hetero) is 1. The number of rotatable bonds is 11. The maximum atomic E-state index is 11.1. The molecule has 1 unspecified atom stereocenters. The summed E-state index contributed by atoms with van der Waals surface area (Å²) in [6, 6.07) is 0. The molecule has 0 aromatic heterocycles. The van der Waals surface area contributed by atoms with Crippen molar-refractivity contribution in [2.24, 2.45) is 5.92 Å². The molecule has 0 aromatic rings. The molecule has 0 aromatic carbocycles. The van der Waals surface area contributed by atoms with E-state index in [0.29, 0.717) is 18.7 Å². The molecule has 0 rings (SSSR count). The van der Waals surface area contributed by atoms with Crippen molar-refractivity contribution in [1.82, 2.24) is 5.32 Å². The number of carbonyl (C=O) groups excluding carboxylic acids is 1. The molecule has 0 heterocycles. The summed E-state index contributed by atoms with van der Waals surface area (Å²) in [5.41, 5.74) is 0. The topological polar surface area (TPSA) is 29.1 Å². The van der Waals surface area contributed by atoms with Crippen LogP contribution in [0.5, 0.6) is 0 Å². The van der Waals surface area contributed by atoms with Crippen LogP contribution < -0.4 is 5.32 Å². The van der Waals surface area contributed by atoms with Crippen molar-refractivity contribution in [2.45, 2.75) is 65.7 Å². The molecule has 1 N–H and O–H groups in total. The van der Waals surface area contributed by atoms with E-state index < -0.39 is 0 Å². The van der Waals surface area contributed by atoms with Crippen molar-refractivity contribution >= 4 is 5.78 Å². The number of unbranched alkanes of at least 4 members (excludes halogenated alkanes) is 1. The van der Waals surface area contributed by atoms with E-state index in [0.717, 1.165) is 12.5 Å². The number of hydrogen-bond donors (Lipinski definition) is 1. The van der Waals surface area contributed by atoms with Gasteiger partial charge in [0.1, 0.15) is 5.78 Å². The molecule has 0 radical (unpaired) electrons. The Balaban J connectivity index is 3.54. The summed E-state index contributed by atoms with van der Waals surface area (Å²) >= 11 is 0. The first-order valence-electron chi connectivity index (χ1n) is 6.96. The van der Waals surface area contributed by atoms with E-state index in [1.54, 1.807) is 0 Å². The van der Waals surface area contributed by atoms with Gasteiger partial charge in [-0.25, -0.2) is 0 Å². The Kier molecular flexibility index (Phi) is 10.9. The lowest BCUT2D eigenvalue weighted by molar-refractivity contribution is -0.117. The highest BCUT2D eigenvalue weighted by Gasteiger charge is 2.07. The second kappa shape index (κ2) is 11.1. The Hall–Kier alpha value is -0.370. The van der Waals surface area contributed by atoms with Crippen LogP contribution in [0, 0.1) is 5.92 Å². The molecule has 16 heavy (non-hydrogen) atoms. The molecule has 0 aliphatic carbocycles. The van der Waals surface area contributed by atoms with Crippen molar-refractivity contribution < 1.29 is 4.79 Å². The number of carbonyl (C=O) groups is 1. The molecule has 0 aliphatic heterocycles. The maximum absolute atomic E-state index is 11.1. The first kappa shape index (κ1) is 15.6. The molecule has 0 saturated carbocycles. The van der Waals surface area contributed by atoms with Crippen molar-refractivity contribution in [1.29, 1.82) is 0 Å². The Bertz CT molecular complexity index is 168. The fourth-order valence-corrected chi connectivity index (χ4v) is 1.99. The van der Waals surface area contributed by atoms with E-state index in [9.17, 15) is 4.79 Å². The molecule has 96 valence electrons. The van der Waals surface area contributed by atoms with Gasteiger partial charge < -0.3 is 5.32 Å². The molecule has 1 atom stereocenters. The number of nitrogens with one attached hydrogen (secondary N) is 1. The third-order valence-electron chi connectivity index (χ3n) is 3.11. The van der Waals surface area contributed by atoms with Crippen LogP contribution in [0.15, 0.2) is 0 Å². The minimum Gasteiger partial charge on any atom is -0.310 e. The zero-order valence-electron chi connectivity index (χ0n) is 11.3. The highest BCUT2D eigenvalue weighted by atomic mass is 16.1. The molecule has 0 saturated heterocycles. The average molecular weight is 227 g/mol. The summed E-state index contributed by atoms with van der Waals surface area (Å²) in [6.45, 7) is 7.99. The number of hydrogen-bond acceptors (Lipinski definition) is 2. The van der Waals surface area contributed by atoms with Crippen LogP contribution in [0.25, 0.3) is 0 Å². The lowest BCUT2D eigenvalue weighted by atomic mass is 9.94. The molecule has 0 spiro atoms. The Morgan fingerprint density at radius 2 is 1.81 bits per heavy atom. The van der Waals surface area contributed by atoms with E-state index >= 15 is 0 Å². The summed E-state index contributed by atoms with van der Waals surface area (Å²) in [4.78, 5) is 11.1. The average Bonchev–Trinajstić information content (AvgIpc) is 2.30. The van der Waals surface area contributed by atoms with E-state index in [2.05, 4.69) is 19.2 Å². The summed E-state index contributed by atoms with van der Waals surface area (Å²) in [5.74, 6) is 1.18. The van der Waals surface area contributed by atoms with Crippen LogP contribution >= 0.6 is 0 Å². The zero-order valence-corrected chi connectivity index (χ0v) is 11.3. The van der Waals surface area contributed by atoms with Crippen molar-refractivity contribution in [3.8, 4) is 0 Å². The van der Waals surface area contributed by atoms with Crippen molar-refractivity contribution in [2.75, 3.05) is 13.1 Å². The fraction of sp³-hybridized carbons (Fsp3) is 0.929. The van der Waals surface area contributed by atoms with Gasteiger partial charge in [-0.2, -0.15) is 0 Å². The predicted molar refractivity (Wildman–Crippen MR) is 70.7 cm³/mol. The molecule has 0 fully saturated rings. The van der Waals surface area contributed by atoms with Gasteiger partial charge in [-0.1, -0.05) is 52.9 Å². The molecule has 2 heteroatoms. The van der Waals surface area contributed by atoms with Gasteiger partial charge in [-0.05, 0) is 18.9 Å². The number of ketones is 1. The Labute approximate surface area is 101 Å². The van der Waals surface area contributed by atoms with Crippen LogP contribution in [0.1, 0.15) is 65.7 Å². The van der Waals surface area contributed by atoms with Crippen LogP contribution in [0.3, 0.4) is 0 Å². The molecular weight excluding hydrogens is 198 g/mol. The lowest BCUT2D eigenvalue weighted by Gasteiger charge is -2.15. The SMILES string of the molecule is CCCCC(CCC)CCNCC(=O)CC. The summed E-state index contributed by atoms with van der Waals surface area (Å²) in [7, 11) is 0. The summed E-state index contributed by atoms with van der Waals surface area (Å²) in [6.07, 6.45) is 8.49. The van der Waals surface area contributed by atoms with E-state index in [4.69, 9.17) is 0 Å². The lowest BCUT2D eigenvalue weighted by Crippen LogP contribution is -2.24. The van der Waals surface area contributed by atoms with Crippen LogP contribution in [-0.4, -0.2) is 18.9 Å². The van der Waals surface area contributed by atoms with Crippen molar-refractivity contribution in [3.05, 3.63) is 0 Å². The van der Waals surface area contributed by atoms with Gasteiger partial charge in [0, 0.05) is 6.42 Å². The third kappa shape index (κ3) is 8.90. The summed E-state index contributed by atoms with van der Waals surface area (Å²) in [5, 5.41) is 3.25. The van der Waals surface area contributed by atoms with E-state index in [-0.39, 0.29) is 0 Å². The van der Waals surface area contributed by atoms with Crippen LogP contribution in [0.2, 0.25) is 0 Å². The molecule has 0 aliphatic rings. The first-order valence-corrected chi connectivity index (χ1v) is 6.96. The largest absolute Gasteiger partial charge is 0.310 e. The van der Waals surface area contributed by atoms with Gasteiger partial charge in [0.25, 0.3) is 0 Å². The zero-order chi connectivity index (χ0) is 12.2. The third-order valence-corrected chi connectivity index (χ3v) is 3.11. The quantitative estimate of drug-likeness (QED) is 0.547. The monoisotopic (exact) mass is 227 g/mol. The van der Waals surface area contributed by atoms with Gasteiger partial charge >= 0.3 is 0 Å². The van der Waals surface area contributed by atoms with Crippen LogP contribution in [0.4, 0.5) is 0 Å². The second-order valence-corrected chi connectivity index (χ2v) is 4.65. The molecule has 0 amide bonds. The first-order chi connectivity index (χ1) is 7.74. The predicted octanol–water partition coefficient (Wildman–Crippen LogP) is 3.55. The van der Waals surface area contributed by atoms with Gasteiger partial charge in [-0.3, -0.25) is 4.79 Å². The normalized spacial score (nSPS) is 12.7. The minimum atomic E-state index is 0.320. The summed E-state index contributed by atoms with van der Waals surface area (Å²) < 4.78 is 0. The highest BCUT2D eigenvalue weighted by Crippen LogP contribution is 2.17. The van der Waals surface area contributed by atoms with Crippen LogP contribution in [-0.2, 0) is 4.79 Å². The highest BCUT2D eigenvalue weighted by molar-refractivity contribution is 5.79. The van der Waals surface area contributed by atoms with Gasteiger partial charge in [-0.15, -0.1) is 0 Å². The van der Waals surface area contributed by atoms with Gasteiger partial charge in [0.05, 0.1) is 6.54 Å². The fourth-order valence-electron chi connectivity index (χ4n) is 1.99. The molecular formula is C14H29NO. The van der Waals surface area contributed by atoms with Gasteiger partial charge in [0.15, 0.2) is 0 Å². The van der Waals surface area contributed by atoms with Crippen molar-refractivity contribution in [3.63, 3.8) is 0 Å². The Morgan fingerprint density at radius 3 is 2.38 bits per heavy atom. The molecule has 2 nitrogen and oxygen atoms in total. The Morgan fingerprint density at radius 1 is 1.06 bits per heavy atom. The standard InChI is InChI=1S/C14H29NO/c1-4-7-9-13(8-5-2)10-11-15-12-14(16)6-3/h13,15H,4-12H2,1-3H3. The second-order valence-electron chi connectivity index (χ2n) is 4.65. The molecule has 0 bridgehead atoms. The smallest absolute Gasteiger partial charge is 0.146 e.